The van der Waals surface area contributed by atoms with Crippen molar-refractivity contribution in [2.75, 3.05) is 0 Å². The van der Waals surface area contributed by atoms with Crippen molar-refractivity contribution in [3.63, 3.8) is 0 Å². The van der Waals surface area contributed by atoms with E-state index in [0.717, 1.165) is 28.0 Å². The fourth-order valence-corrected chi connectivity index (χ4v) is 2.85. The van der Waals surface area contributed by atoms with E-state index in [1.807, 2.05) is 25.3 Å². The summed E-state index contributed by atoms with van der Waals surface area (Å²) in [7, 11) is 0. The summed E-state index contributed by atoms with van der Waals surface area (Å²) in [6, 6.07) is 4.96. The third-order valence-electron chi connectivity index (χ3n) is 2.41. The lowest BCUT2D eigenvalue weighted by atomic mass is 10.1. The van der Waals surface area contributed by atoms with Gasteiger partial charge in [-0.2, -0.15) is 0 Å². The summed E-state index contributed by atoms with van der Waals surface area (Å²) in [5.41, 5.74) is 1.63. The third kappa shape index (κ3) is 2.87. The number of benzene rings is 1. The zero-order chi connectivity index (χ0) is 12.4. The highest BCUT2D eigenvalue weighted by Gasteiger charge is 2.09. The highest BCUT2D eigenvalue weighted by molar-refractivity contribution is 9.08. The van der Waals surface area contributed by atoms with E-state index in [1.165, 1.54) is 17.0 Å². The molecule has 0 amide bonds. The number of thiophene rings is 1. The molecular formula is C13H12BrFOS. The Morgan fingerprint density at radius 3 is 2.41 bits per heavy atom. The predicted molar refractivity (Wildman–Crippen MR) is 72.9 cm³/mol. The smallest absolute Gasteiger partial charge is 0.138 e. The molecule has 0 radical (unpaired) electrons. The van der Waals surface area contributed by atoms with Crippen LogP contribution in [0.2, 0.25) is 0 Å². The van der Waals surface area contributed by atoms with Gasteiger partial charge in [0.25, 0.3) is 0 Å². The van der Waals surface area contributed by atoms with Gasteiger partial charge in [-0.1, -0.05) is 15.9 Å². The van der Waals surface area contributed by atoms with Crippen LogP contribution in [0.1, 0.15) is 16.0 Å². The highest BCUT2D eigenvalue weighted by Crippen LogP contribution is 2.32. The van der Waals surface area contributed by atoms with Crippen LogP contribution in [-0.2, 0) is 5.33 Å². The first-order valence-electron chi connectivity index (χ1n) is 5.18. The second-order valence-corrected chi connectivity index (χ2v) is 5.41. The average Bonchev–Trinajstić information content (AvgIpc) is 2.71. The average molecular weight is 315 g/mol. The molecule has 1 nitrogen and oxygen atoms in total. The van der Waals surface area contributed by atoms with Gasteiger partial charge in [0.05, 0.1) is 0 Å². The maximum atomic E-state index is 13.1. The van der Waals surface area contributed by atoms with Crippen molar-refractivity contribution in [3.05, 3.63) is 45.4 Å². The van der Waals surface area contributed by atoms with E-state index in [0.29, 0.717) is 0 Å². The lowest BCUT2D eigenvalue weighted by molar-refractivity contribution is 0.474. The molecule has 4 heteroatoms. The first-order valence-corrected chi connectivity index (χ1v) is 7.18. The summed E-state index contributed by atoms with van der Waals surface area (Å²) in [5, 5.41) is 2.78. The van der Waals surface area contributed by atoms with Crippen molar-refractivity contribution in [1.29, 1.82) is 0 Å². The normalized spacial score (nSPS) is 10.6. The summed E-state index contributed by atoms with van der Waals surface area (Å²) in [4.78, 5) is 1.21. The van der Waals surface area contributed by atoms with E-state index in [2.05, 4.69) is 15.9 Å². The molecule has 0 fully saturated rings. The minimum absolute atomic E-state index is 0.223. The molecule has 2 aromatic rings. The Bertz CT molecular complexity index is 513. The molecule has 0 aliphatic heterocycles. The molecule has 0 spiro atoms. The molecule has 0 saturated carbocycles. The van der Waals surface area contributed by atoms with E-state index < -0.39 is 0 Å². The molecule has 0 atom stereocenters. The molecule has 0 unspecified atom stereocenters. The molecule has 0 N–H and O–H groups in total. The Morgan fingerprint density at radius 1 is 1.24 bits per heavy atom. The van der Waals surface area contributed by atoms with Gasteiger partial charge in [0, 0.05) is 15.6 Å². The Morgan fingerprint density at radius 2 is 1.88 bits per heavy atom. The topological polar surface area (TPSA) is 9.23 Å². The second kappa shape index (κ2) is 5.19. The van der Waals surface area contributed by atoms with E-state index in [4.69, 9.17) is 4.74 Å². The molecule has 1 aromatic heterocycles. The van der Waals surface area contributed by atoms with Crippen molar-refractivity contribution < 1.29 is 9.13 Å². The zero-order valence-electron chi connectivity index (χ0n) is 9.59. The van der Waals surface area contributed by atoms with Gasteiger partial charge in [-0.3, -0.25) is 0 Å². The molecule has 17 heavy (non-hydrogen) atoms. The number of aryl methyl sites for hydroxylation is 2. The van der Waals surface area contributed by atoms with Crippen molar-refractivity contribution >= 4 is 27.3 Å². The summed E-state index contributed by atoms with van der Waals surface area (Å²) >= 11 is 5.04. The number of hydrogen-bond acceptors (Lipinski definition) is 2. The summed E-state index contributed by atoms with van der Waals surface area (Å²) in [5.74, 6) is 1.33. The standard InChI is InChI=1S/C13H12BrFOS/c1-8-3-10(15)4-9(2)13(8)16-11-5-12(6-14)17-7-11/h3-5,7H,6H2,1-2H3. The van der Waals surface area contributed by atoms with E-state index in [1.54, 1.807) is 11.3 Å². The molecule has 0 aliphatic carbocycles. The minimum atomic E-state index is -0.223. The Balaban J connectivity index is 2.29. The van der Waals surface area contributed by atoms with Crippen LogP contribution in [0.5, 0.6) is 11.5 Å². The Hall–Kier alpha value is -0.870. The molecule has 0 saturated heterocycles. The number of rotatable bonds is 3. The number of alkyl halides is 1. The summed E-state index contributed by atoms with van der Waals surface area (Å²) < 4.78 is 18.9. The largest absolute Gasteiger partial charge is 0.456 e. The van der Waals surface area contributed by atoms with Gasteiger partial charge in [0.2, 0.25) is 0 Å². The fourth-order valence-electron chi connectivity index (χ4n) is 1.66. The molecule has 90 valence electrons. The van der Waals surface area contributed by atoms with E-state index in [-0.39, 0.29) is 5.82 Å². The minimum Gasteiger partial charge on any atom is -0.456 e. The first-order chi connectivity index (χ1) is 8.10. The third-order valence-corrected chi connectivity index (χ3v) is 4.30. The second-order valence-electron chi connectivity index (χ2n) is 3.85. The quantitative estimate of drug-likeness (QED) is 0.708. The summed E-state index contributed by atoms with van der Waals surface area (Å²) in [6.07, 6.45) is 0. The van der Waals surface area contributed by atoms with Gasteiger partial charge in [-0.25, -0.2) is 4.39 Å². The SMILES string of the molecule is Cc1cc(F)cc(C)c1Oc1csc(CBr)c1. The van der Waals surface area contributed by atoms with Gasteiger partial charge < -0.3 is 4.74 Å². The van der Waals surface area contributed by atoms with Crippen LogP contribution >= 0.6 is 27.3 Å². The van der Waals surface area contributed by atoms with Gasteiger partial charge in [0.1, 0.15) is 17.3 Å². The van der Waals surface area contributed by atoms with Crippen molar-refractivity contribution in [2.45, 2.75) is 19.2 Å². The van der Waals surface area contributed by atoms with Crippen LogP contribution in [0.4, 0.5) is 4.39 Å². The molecule has 2 rings (SSSR count). The van der Waals surface area contributed by atoms with Crippen molar-refractivity contribution in [3.8, 4) is 11.5 Å². The molecular weight excluding hydrogens is 303 g/mol. The molecule has 1 aromatic carbocycles. The Kier molecular flexibility index (Phi) is 3.84. The predicted octanol–water partition coefficient (Wildman–Crippen LogP) is 5.19. The fraction of sp³-hybridized carbons (Fsp3) is 0.231. The Labute approximate surface area is 112 Å². The molecule has 0 bridgehead atoms. The zero-order valence-corrected chi connectivity index (χ0v) is 12.0. The lowest BCUT2D eigenvalue weighted by Crippen LogP contribution is -1.91. The van der Waals surface area contributed by atoms with Crippen LogP contribution in [-0.4, -0.2) is 0 Å². The van der Waals surface area contributed by atoms with Crippen LogP contribution in [0.15, 0.2) is 23.6 Å². The number of halogens is 2. The molecule has 1 heterocycles. The number of ether oxygens (including phenoxy) is 1. The van der Waals surface area contributed by atoms with Crippen molar-refractivity contribution in [1.82, 2.24) is 0 Å². The highest BCUT2D eigenvalue weighted by atomic mass is 79.9. The molecule has 0 aliphatic rings. The van der Waals surface area contributed by atoms with Gasteiger partial charge in [-0.05, 0) is 43.2 Å². The van der Waals surface area contributed by atoms with Crippen LogP contribution < -0.4 is 4.74 Å². The van der Waals surface area contributed by atoms with E-state index >= 15 is 0 Å². The van der Waals surface area contributed by atoms with Crippen LogP contribution in [0.25, 0.3) is 0 Å². The maximum absolute atomic E-state index is 13.1. The lowest BCUT2D eigenvalue weighted by Gasteiger charge is -2.10. The van der Waals surface area contributed by atoms with Gasteiger partial charge in [0.15, 0.2) is 0 Å². The van der Waals surface area contributed by atoms with Crippen LogP contribution in [0.3, 0.4) is 0 Å². The maximum Gasteiger partial charge on any atom is 0.138 e. The first kappa shape index (κ1) is 12.6. The monoisotopic (exact) mass is 314 g/mol. The summed E-state index contributed by atoms with van der Waals surface area (Å²) in [6.45, 7) is 3.70. The van der Waals surface area contributed by atoms with Crippen LogP contribution in [0, 0.1) is 19.7 Å². The number of hydrogen-bond donors (Lipinski definition) is 0. The van der Waals surface area contributed by atoms with Crippen molar-refractivity contribution in [2.24, 2.45) is 0 Å². The van der Waals surface area contributed by atoms with E-state index in [9.17, 15) is 4.39 Å². The van der Waals surface area contributed by atoms with Gasteiger partial charge in [-0.15, -0.1) is 11.3 Å². The van der Waals surface area contributed by atoms with Gasteiger partial charge >= 0.3 is 0 Å².